The zero-order valence-electron chi connectivity index (χ0n) is 10.3. The largest absolute Gasteiger partial charge is 0.297 e. The smallest absolute Gasteiger partial charge is 0.228 e. The molecule has 1 aromatic rings. The van der Waals surface area contributed by atoms with Crippen molar-refractivity contribution in [1.29, 1.82) is 0 Å². The van der Waals surface area contributed by atoms with Gasteiger partial charge in [0, 0.05) is 30.1 Å². The molecule has 2 heterocycles. The Kier molecular flexibility index (Phi) is 3.79. The first kappa shape index (κ1) is 12.4. The van der Waals surface area contributed by atoms with E-state index in [1.54, 1.807) is 4.90 Å². The lowest BCUT2D eigenvalue weighted by Crippen LogP contribution is -2.26. The molecule has 6 nitrogen and oxygen atoms in total. The molecule has 0 radical (unpaired) electrons. The Labute approximate surface area is 105 Å². The number of carbonyl (C=O) groups excluding carboxylic acids is 1. The van der Waals surface area contributed by atoms with Gasteiger partial charge in [-0.3, -0.25) is 9.69 Å². The van der Waals surface area contributed by atoms with Gasteiger partial charge in [0.2, 0.25) is 5.91 Å². The number of aryl methyl sites for hydroxylation is 1. The first-order valence-electron chi connectivity index (χ1n) is 6.01. The van der Waals surface area contributed by atoms with E-state index < -0.39 is 0 Å². The summed E-state index contributed by atoms with van der Waals surface area (Å²) in [5.41, 5.74) is 9.26. The second kappa shape index (κ2) is 5.51. The SMILES string of the molecule is CCc1cccc(N2CC(CN=[N+]=[N-])CC2=O)n1. The molecule has 0 aliphatic carbocycles. The number of azide groups is 1. The summed E-state index contributed by atoms with van der Waals surface area (Å²) in [6, 6.07) is 5.70. The Morgan fingerprint density at radius 3 is 3.17 bits per heavy atom. The summed E-state index contributed by atoms with van der Waals surface area (Å²) in [6.45, 7) is 2.98. The van der Waals surface area contributed by atoms with Crippen LogP contribution in [0, 0.1) is 5.92 Å². The third-order valence-corrected chi connectivity index (χ3v) is 3.04. The van der Waals surface area contributed by atoms with E-state index in [4.69, 9.17) is 5.53 Å². The van der Waals surface area contributed by atoms with E-state index in [1.165, 1.54) is 0 Å². The molecule has 0 aromatic carbocycles. The zero-order valence-corrected chi connectivity index (χ0v) is 10.3. The standard InChI is InChI=1S/C12H15N5O/c1-2-10-4-3-5-11(15-10)17-8-9(6-12(17)18)7-14-16-13/h3-5,9H,2,6-8H2,1H3. The van der Waals surface area contributed by atoms with Crippen LogP contribution in [0.5, 0.6) is 0 Å². The fourth-order valence-corrected chi connectivity index (χ4v) is 2.09. The second-order valence-electron chi connectivity index (χ2n) is 4.33. The third-order valence-electron chi connectivity index (χ3n) is 3.04. The summed E-state index contributed by atoms with van der Waals surface area (Å²) < 4.78 is 0. The van der Waals surface area contributed by atoms with E-state index in [1.807, 2.05) is 25.1 Å². The highest BCUT2D eigenvalue weighted by atomic mass is 16.2. The number of pyridine rings is 1. The number of amides is 1. The molecule has 0 spiro atoms. The average Bonchev–Trinajstić information content (AvgIpc) is 2.77. The molecule has 1 aliphatic rings. The van der Waals surface area contributed by atoms with Gasteiger partial charge in [0.15, 0.2) is 0 Å². The molecule has 6 heteroatoms. The van der Waals surface area contributed by atoms with Gasteiger partial charge in [0.25, 0.3) is 0 Å². The van der Waals surface area contributed by atoms with E-state index >= 15 is 0 Å². The molecule has 1 atom stereocenters. The van der Waals surface area contributed by atoms with E-state index in [-0.39, 0.29) is 11.8 Å². The van der Waals surface area contributed by atoms with Crippen molar-refractivity contribution >= 4 is 11.7 Å². The van der Waals surface area contributed by atoms with Crippen LogP contribution in [0.1, 0.15) is 19.0 Å². The van der Waals surface area contributed by atoms with Crippen LogP contribution in [0.25, 0.3) is 10.4 Å². The summed E-state index contributed by atoms with van der Waals surface area (Å²) in [5, 5.41) is 3.53. The third kappa shape index (κ3) is 2.60. The quantitative estimate of drug-likeness (QED) is 0.463. The molecule has 1 saturated heterocycles. The van der Waals surface area contributed by atoms with E-state index in [0.29, 0.717) is 25.3 Å². The van der Waals surface area contributed by atoms with Crippen molar-refractivity contribution in [1.82, 2.24) is 4.98 Å². The van der Waals surface area contributed by atoms with Crippen LogP contribution < -0.4 is 4.90 Å². The van der Waals surface area contributed by atoms with Crippen LogP contribution in [0.3, 0.4) is 0 Å². The Morgan fingerprint density at radius 2 is 2.44 bits per heavy atom. The first-order valence-corrected chi connectivity index (χ1v) is 6.01. The molecule has 1 aliphatic heterocycles. The molecule has 1 aromatic heterocycles. The number of rotatable bonds is 4. The number of hydrogen-bond acceptors (Lipinski definition) is 3. The van der Waals surface area contributed by atoms with Crippen molar-refractivity contribution in [3.8, 4) is 0 Å². The molecule has 0 bridgehead atoms. The van der Waals surface area contributed by atoms with E-state index in [0.717, 1.165) is 12.1 Å². The van der Waals surface area contributed by atoms with Gasteiger partial charge in [0.05, 0.1) is 0 Å². The van der Waals surface area contributed by atoms with Gasteiger partial charge in [-0.05, 0) is 30.0 Å². The van der Waals surface area contributed by atoms with Gasteiger partial charge in [-0.1, -0.05) is 18.1 Å². The van der Waals surface area contributed by atoms with Crippen molar-refractivity contribution in [3.05, 3.63) is 34.3 Å². The zero-order chi connectivity index (χ0) is 13.0. The van der Waals surface area contributed by atoms with Crippen molar-refractivity contribution in [2.24, 2.45) is 11.0 Å². The highest BCUT2D eigenvalue weighted by molar-refractivity contribution is 5.94. The first-order chi connectivity index (χ1) is 8.74. The highest BCUT2D eigenvalue weighted by Crippen LogP contribution is 2.23. The predicted octanol–water partition coefficient (Wildman–Crippen LogP) is 2.31. The lowest BCUT2D eigenvalue weighted by molar-refractivity contribution is -0.117. The Morgan fingerprint density at radius 1 is 1.61 bits per heavy atom. The van der Waals surface area contributed by atoms with Crippen molar-refractivity contribution < 1.29 is 4.79 Å². The molecular weight excluding hydrogens is 230 g/mol. The summed E-state index contributed by atoms with van der Waals surface area (Å²) in [5.74, 6) is 0.845. The molecule has 0 saturated carbocycles. The molecule has 2 rings (SSSR count). The summed E-state index contributed by atoms with van der Waals surface area (Å²) in [4.78, 5) is 20.7. The number of anilines is 1. The maximum absolute atomic E-state index is 11.9. The normalized spacial score (nSPS) is 18.8. The fourth-order valence-electron chi connectivity index (χ4n) is 2.09. The van der Waals surface area contributed by atoms with Crippen molar-refractivity contribution in [2.45, 2.75) is 19.8 Å². The van der Waals surface area contributed by atoms with E-state index in [2.05, 4.69) is 15.0 Å². The monoisotopic (exact) mass is 245 g/mol. The maximum Gasteiger partial charge on any atom is 0.228 e. The minimum absolute atomic E-state index is 0.0499. The van der Waals surface area contributed by atoms with Crippen LogP contribution in [-0.2, 0) is 11.2 Å². The van der Waals surface area contributed by atoms with Gasteiger partial charge < -0.3 is 0 Å². The van der Waals surface area contributed by atoms with Crippen molar-refractivity contribution in [2.75, 3.05) is 18.0 Å². The number of aromatic nitrogens is 1. The van der Waals surface area contributed by atoms with Crippen LogP contribution >= 0.6 is 0 Å². The predicted molar refractivity (Wildman–Crippen MR) is 68.1 cm³/mol. The topological polar surface area (TPSA) is 82.0 Å². The lowest BCUT2D eigenvalue weighted by Gasteiger charge is -2.15. The summed E-state index contributed by atoms with van der Waals surface area (Å²) >= 11 is 0. The Balaban J connectivity index is 2.13. The van der Waals surface area contributed by atoms with E-state index in [9.17, 15) is 4.79 Å². The van der Waals surface area contributed by atoms with Gasteiger partial charge in [-0.2, -0.15) is 0 Å². The van der Waals surface area contributed by atoms with Crippen LogP contribution in [0.2, 0.25) is 0 Å². The highest BCUT2D eigenvalue weighted by Gasteiger charge is 2.30. The summed E-state index contributed by atoms with van der Waals surface area (Å²) in [6.07, 6.45) is 1.27. The lowest BCUT2D eigenvalue weighted by atomic mass is 10.1. The molecule has 1 amide bonds. The second-order valence-corrected chi connectivity index (χ2v) is 4.33. The molecule has 1 unspecified atom stereocenters. The molecule has 94 valence electrons. The average molecular weight is 245 g/mol. The van der Waals surface area contributed by atoms with Gasteiger partial charge in [0.1, 0.15) is 5.82 Å². The molecule has 18 heavy (non-hydrogen) atoms. The molecule has 1 fully saturated rings. The maximum atomic E-state index is 11.9. The minimum atomic E-state index is 0.0499. The number of nitrogens with zero attached hydrogens (tertiary/aromatic N) is 5. The van der Waals surface area contributed by atoms with Crippen LogP contribution in [0.4, 0.5) is 5.82 Å². The van der Waals surface area contributed by atoms with Gasteiger partial charge in [-0.25, -0.2) is 4.98 Å². The minimum Gasteiger partial charge on any atom is -0.297 e. The number of hydrogen-bond donors (Lipinski definition) is 0. The molecule has 0 N–H and O–H groups in total. The Hall–Kier alpha value is -2.07. The summed E-state index contributed by atoms with van der Waals surface area (Å²) in [7, 11) is 0. The van der Waals surface area contributed by atoms with Crippen molar-refractivity contribution in [3.63, 3.8) is 0 Å². The number of carbonyl (C=O) groups is 1. The molecular formula is C12H15N5O. The Bertz CT molecular complexity index is 495. The fraction of sp³-hybridized carbons (Fsp3) is 0.500. The van der Waals surface area contributed by atoms with Crippen LogP contribution in [-0.4, -0.2) is 24.0 Å². The van der Waals surface area contributed by atoms with Gasteiger partial charge >= 0.3 is 0 Å². The van der Waals surface area contributed by atoms with Gasteiger partial charge in [-0.15, -0.1) is 0 Å². The van der Waals surface area contributed by atoms with Crippen LogP contribution in [0.15, 0.2) is 23.3 Å².